The summed E-state index contributed by atoms with van der Waals surface area (Å²) in [5.74, 6) is 1.08. The van der Waals surface area contributed by atoms with Gasteiger partial charge in [0.1, 0.15) is 0 Å². The van der Waals surface area contributed by atoms with Gasteiger partial charge in [0.15, 0.2) is 5.96 Å². The van der Waals surface area contributed by atoms with Gasteiger partial charge in [0, 0.05) is 51.4 Å². The second-order valence-corrected chi connectivity index (χ2v) is 8.14. The number of rotatable bonds is 8. The number of carbonyl (C=O) groups excluding carboxylic acids is 1. The van der Waals surface area contributed by atoms with Crippen molar-refractivity contribution in [1.29, 1.82) is 0 Å². The average molecular weight is 400 g/mol. The Bertz CT molecular complexity index is 682. The third kappa shape index (κ3) is 6.20. The smallest absolute Gasteiger partial charge is 0.227 e. The lowest BCUT2D eigenvalue weighted by Gasteiger charge is -2.33. The van der Waals surface area contributed by atoms with E-state index in [-0.39, 0.29) is 5.91 Å². The molecule has 0 saturated carbocycles. The molecule has 0 atom stereocenters. The van der Waals surface area contributed by atoms with Gasteiger partial charge in [-0.25, -0.2) is 0 Å². The Morgan fingerprint density at radius 2 is 1.97 bits per heavy atom. The van der Waals surface area contributed by atoms with E-state index in [9.17, 15) is 4.79 Å². The molecule has 0 aromatic heterocycles. The monoisotopic (exact) mass is 399 g/mol. The fourth-order valence-electron chi connectivity index (χ4n) is 4.25. The molecule has 0 radical (unpaired) electrons. The molecular weight excluding hydrogens is 362 g/mol. The zero-order chi connectivity index (χ0) is 20.5. The van der Waals surface area contributed by atoms with Crippen molar-refractivity contribution in [1.82, 2.24) is 15.5 Å². The van der Waals surface area contributed by atoms with E-state index >= 15 is 0 Å². The van der Waals surface area contributed by atoms with Gasteiger partial charge in [-0.3, -0.25) is 9.79 Å². The van der Waals surface area contributed by atoms with Gasteiger partial charge in [0.2, 0.25) is 5.91 Å². The van der Waals surface area contributed by atoms with Crippen molar-refractivity contribution in [3.8, 4) is 0 Å². The number of aliphatic imine (C=N–C) groups is 1. The number of likely N-dealkylation sites (tertiary alicyclic amines) is 1. The summed E-state index contributed by atoms with van der Waals surface area (Å²) in [5.41, 5.74) is 2.37. The maximum absolute atomic E-state index is 12.6. The van der Waals surface area contributed by atoms with E-state index in [2.05, 4.69) is 39.6 Å². The number of carbonyl (C=O) groups is 1. The molecule has 6 heteroatoms. The van der Waals surface area contributed by atoms with Crippen LogP contribution in [-0.2, 0) is 11.2 Å². The number of hydrogen-bond acceptors (Lipinski definition) is 3. The topological polar surface area (TPSA) is 60.0 Å². The minimum atomic E-state index is 0.221. The molecule has 0 spiro atoms. The van der Waals surface area contributed by atoms with Crippen LogP contribution in [0.25, 0.3) is 0 Å². The van der Waals surface area contributed by atoms with Crippen LogP contribution in [0.4, 0.5) is 5.69 Å². The molecule has 29 heavy (non-hydrogen) atoms. The summed E-state index contributed by atoms with van der Waals surface area (Å²) in [6.07, 6.45) is 7.23. The summed E-state index contributed by atoms with van der Waals surface area (Å²) < 4.78 is 0. The number of hydrogen-bond donors (Lipinski definition) is 2. The van der Waals surface area contributed by atoms with E-state index in [0.717, 1.165) is 50.4 Å². The van der Waals surface area contributed by atoms with Crippen LogP contribution in [0.1, 0.15) is 51.0 Å². The SMILES string of the molecule is CCCCN1CCC(NC(=NC)NCCCC(=O)N2CCc3ccccc32)CC1. The van der Waals surface area contributed by atoms with Gasteiger partial charge in [0.25, 0.3) is 0 Å². The Morgan fingerprint density at radius 3 is 2.72 bits per heavy atom. The first-order chi connectivity index (χ1) is 14.2. The zero-order valence-corrected chi connectivity index (χ0v) is 18.1. The second-order valence-electron chi connectivity index (χ2n) is 8.14. The Labute approximate surface area is 175 Å². The molecule has 3 rings (SSSR count). The van der Waals surface area contributed by atoms with Crippen LogP contribution in [0, 0.1) is 0 Å². The lowest BCUT2D eigenvalue weighted by atomic mass is 10.0. The molecule has 2 heterocycles. The lowest BCUT2D eigenvalue weighted by Crippen LogP contribution is -2.49. The number of anilines is 1. The van der Waals surface area contributed by atoms with Crippen molar-refractivity contribution in [3.63, 3.8) is 0 Å². The number of piperidine rings is 1. The summed E-state index contributed by atoms with van der Waals surface area (Å²) in [6.45, 7) is 7.39. The van der Waals surface area contributed by atoms with Gasteiger partial charge in [0.05, 0.1) is 0 Å². The Morgan fingerprint density at radius 1 is 1.17 bits per heavy atom. The first-order valence-corrected chi connectivity index (χ1v) is 11.3. The number of para-hydroxylation sites is 1. The number of fused-ring (bicyclic) bond motifs is 1. The predicted octanol–water partition coefficient (Wildman–Crippen LogP) is 2.79. The molecule has 6 nitrogen and oxygen atoms in total. The van der Waals surface area contributed by atoms with E-state index < -0.39 is 0 Å². The second kappa shape index (κ2) is 11.2. The molecule has 2 aliphatic heterocycles. The lowest BCUT2D eigenvalue weighted by molar-refractivity contribution is -0.118. The summed E-state index contributed by atoms with van der Waals surface area (Å²) in [6, 6.07) is 8.72. The van der Waals surface area contributed by atoms with Gasteiger partial charge in [-0.2, -0.15) is 0 Å². The highest BCUT2D eigenvalue weighted by Crippen LogP contribution is 2.27. The van der Waals surface area contributed by atoms with Crippen LogP contribution in [0.5, 0.6) is 0 Å². The number of unbranched alkanes of at least 4 members (excludes halogenated alkanes) is 1. The third-order valence-electron chi connectivity index (χ3n) is 6.03. The first kappa shape index (κ1) is 21.6. The van der Waals surface area contributed by atoms with Crippen molar-refractivity contribution >= 4 is 17.6 Å². The van der Waals surface area contributed by atoms with Crippen LogP contribution in [0.3, 0.4) is 0 Å². The van der Waals surface area contributed by atoms with Crippen LogP contribution < -0.4 is 15.5 Å². The molecule has 1 aromatic rings. The van der Waals surface area contributed by atoms with Crippen molar-refractivity contribution < 1.29 is 4.79 Å². The van der Waals surface area contributed by atoms with Crippen LogP contribution in [0.15, 0.2) is 29.3 Å². The molecule has 2 N–H and O–H groups in total. The van der Waals surface area contributed by atoms with Crippen LogP contribution in [-0.4, -0.2) is 62.6 Å². The van der Waals surface area contributed by atoms with Crippen LogP contribution in [0.2, 0.25) is 0 Å². The largest absolute Gasteiger partial charge is 0.356 e. The highest BCUT2D eigenvalue weighted by atomic mass is 16.2. The average Bonchev–Trinajstić information content (AvgIpc) is 3.19. The molecule has 0 aliphatic carbocycles. The van der Waals surface area contributed by atoms with E-state index in [1.807, 2.05) is 24.1 Å². The normalized spacial score (nSPS) is 18.0. The zero-order valence-electron chi connectivity index (χ0n) is 18.1. The Kier molecular flexibility index (Phi) is 8.35. The molecule has 1 amide bonds. The van der Waals surface area contributed by atoms with Gasteiger partial charge >= 0.3 is 0 Å². The summed E-state index contributed by atoms with van der Waals surface area (Å²) >= 11 is 0. The fraction of sp³-hybridized carbons (Fsp3) is 0.652. The highest BCUT2D eigenvalue weighted by molar-refractivity contribution is 5.95. The molecule has 1 saturated heterocycles. The van der Waals surface area contributed by atoms with Crippen molar-refractivity contribution in [2.75, 3.05) is 44.7 Å². The predicted molar refractivity (Wildman–Crippen MR) is 121 cm³/mol. The van der Waals surface area contributed by atoms with Crippen molar-refractivity contribution in [2.24, 2.45) is 4.99 Å². The van der Waals surface area contributed by atoms with Gasteiger partial charge in [-0.05, 0) is 50.3 Å². The van der Waals surface area contributed by atoms with Crippen molar-refractivity contribution in [3.05, 3.63) is 29.8 Å². The standard InChI is InChI=1S/C23H37N5O/c1-3-4-15-27-16-12-20(13-17-27)26-23(24-2)25-14-7-10-22(29)28-18-11-19-8-5-6-9-21(19)28/h5-6,8-9,20H,3-4,7,10-18H2,1-2H3,(H2,24,25,26). The molecule has 160 valence electrons. The van der Waals surface area contributed by atoms with E-state index in [4.69, 9.17) is 0 Å². The summed E-state index contributed by atoms with van der Waals surface area (Å²) in [4.78, 5) is 21.5. The van der Waals surface area contributed by atoms with Gasteiger partial charge < -0.3 is 20.4 Å². The number of amides is 1. The molecule has 0 bridgehead atoms. The molecular formula is C23H37N5O. The first-order valence-electron chi connectivity index (χ1n) is 11.3. The molecule has 0 unspecified atom stereocenters. The maximum atomic E-state index is 12.6. The molecule has 1 fully saturated rings. The quantitative estimate of drug-likeness (QED) is 0.401. The summed E-state index contributed by atoms with van der Waals surface area (Å²) in [5, 5.41) is 6.94. The Hall–Kier alpha value is -2.08. The van der Waals surface area contributed by atoms with Crippen molar-refractivity contribution in [2.45, 2.75) is 57.9 Å². The highest BCUT2D eigenvalue weighted by Gasteiger charge is 2.23. The number of nitrogens with one attached hydrogen (secondary N) is 2. The van der Waals surface area contributed by atoms with E-state index in [1.54, 1.807) is 0 Å². The Balaban J connectivity index is 1.33. The minimum Gasteiger partial charge on any atom is -0.356 e. The van der Waals surface area contributed by atoms with Gasteiger partial charge in [-0.15, -0.1) is 0 Å². The fourth-order valence-corrected chi connectivity index (χ4v) is 4.25. The number of nitrogens with zero attached hydrogens (tertiary/aromatic N) is 3. The van der Waals surface area contributed by atoms with Gasteiger partial charge in [-0.1, -0.05) is 31.5 Å². The minimum absolute atomic E-state index is 0.221. The van der Waals surface area contributed by atoms with E-state index in [1.165, 1.54) is 38.0 Å². The third-order valence-corrected chi connectivity index (χ3v) is 6.03. The molecule has 2 aliphatic rings. The number of benzene rings is 1. The van der Waals surface area contributed by atoms with E-state index in [0.29, 0.717) is 12.5 Å². The van der Waals surface area contributed by atoms with Crippen LogP contribution >= 0.6 is 0 Å². The molecule has 1 aromatic carbocycles. The maximum Gasteiger partial charge on any atom is 0.227 e. The summed E-state index contributed by atoms with van der Waals surface area (Å²) in [7, 11) is 1.82. The number of guanidine groups is 1.